The van der Waals surface area contributed by atoms with Crippen LogP contribution in [0.3, 0.4) is 0 Å². The molecule has 1 aromatic carbocycles. The second kappa shape index (κ2) is 17.5. The molecule has 0 amide bonds. The third-order valence-corrected chi connectivity index (χ3v) is 6.33. The molecule has 0 radical (unpaired) electrons. The van der Waals surface area contributed by atoms with Gasteiger partial charge in [-0.2, -0.15) is 0 Å². The van der Waals surface area contributed by atoms with Gasteiger partial charge in [0.15, 0.2) is 11.6 Å². The van der Waals surface area contributed by atoms with Gasteiger partial charge in [-0.1, -0.05) is 114 Å². The van der Waals surface area contributed by atoms with Gasteiger partial charge in [0.2, 0.25) is 0 Å². The molecule has 6 heteroatoms. The first kappa shape index (κ1) is 27.2. The first-order valence-electron chi connectivity index (χ1n) is 13.0. The van der Waals surface area contributed by atoms with Crippen LogP contribution in [-0.4, -0.2) is 16.5 Å². The highest BCUT2D eigenvalue weighted by Crippen LogP contribution is 2.23. The van der Waals surface area contributed by atoms with Crippen molar-refractivity contribution in [1.29, 1.82) is 0 Å². The van der Waals surface area contributed by atoms with Crippen molar-refractivity contribution in [3.05, 3.63) is 41.2 Å². The van der Waals surface area contributed by atoms with E-state index in [4.69, 9.17) is 17.3 Å². The zero-order valence-corrected chi connectivity index (χ0v) is 21.3. The summed E-state index contributed by atoms with van der Waals surface area (Å²) in [6.07, 6.45) is 20.7. The number of rotatable bonds is 19. The summed E-state index contributed by atoms with van der Waals surface area (Å²) < 4.78 is 0. The summed E-state index contributed by atoms with van der Waals surface area (Å²) >= 11 is 5.94. The van der Waals surface area contributed by atoms with E-state index in [2.05, 4.69) is 27.5 Å². The van der Waals surface area contributed by atoms with Crippen molar-refractivity contribution in [3.63, 3.8) is 0 Å². The standard InChI is InChI=1S/C27H44ClN5/c1-2-3-4-5-6-7-8-9-10-11-12-13-14-15-20-30-26-25(29)27(33-22-32-26)31-21-23-16-18-24(28)19-17-23/h16-19,22H,2-15,20-21,29H2,1H3,(H2,30,31,32,33). The molecule has 0 aliphatic heterocycles. The van der Waals surface area contributed by atoms with Crippen LogP contribution < -0.4 is 16.4 Å². The zero-order chi connectivity index (χ0) is 23.6. The summed E-state index contributed by atoms with van der Waals surface area (Å²) in [6, 6.07) is 7.74. The Morgan fingerprint density at radius 2 is 1.18 bits per heavy atom. The van der Waals surface area contributed by atoms with Gasteiger partial charge in [0.25, 0.3) is 0 Å². The Morgan fingerprint density at radius 1 is 0.697 bits per heavy atom. The Kier molecular flexibility index (Phi) is 14.4. The monoisotopic (exact) mass is 473 g/mol. The van der Waals surface area contributed by atoms with E-state index in [0.717, 1.165) is 23.6 Å². The number of unbranched alkanes of at least 4 members (excludes halogenated alkanes) is 13. The van der Waals surface area contributed by atoms with Crippen LogP contribution in [-0.2, 0) is 6.54 Å². The summed E-state index contributed by atoms with van der Waals surface area (Å²) in [7, 11) is 0. The SMILES string of the molecule is CCCCCCCCCCCCCCCCNc1ncnc(NCc2ccc(Cl)cc2)c1N. The molecule has 0 unspecified atom stereocenters. The fourth-order valence-electron chi connectivity index (χ4n) is 3.99. The summed E-state index contributed by atoms with van der Waals surface area (Å²) in [5.41, 5.74) is 7.95. The number of nitrogens with one attached hydrogen (secondary N) is 2. The Morgan fingerprint density at radius 3 is 1.73 bits per heavy atom. The van der Waals surface area contributed by atoms with E-state index in [1.54, 1.807) is 6.33 Å². The van der Waals surface area contributed by atoms with Crippen molar-refractivity contribution >= 4 is 28.9 Å². The van der Waals surface area contributed by atoms with Gasteiger partial charge in [-0.25, -0.2) is 9.97 Å². The molecule has 33 heavy (non-hydrogen) atoms. The van der Waals surface area contributed by atoms with Crippen LogP contribution in [0.1, 0.15) is 102 Å². The Bertz CT molecular complexity index is 751. The lowest BCUT2D eigenvalue weighted by Gasteiger charge is -2.12. The quantitative estimate of drug-likeness (QED) is 0.179. The van der Waals surface area contributed by atoms with Gasteiger partial charge in [0.05, 0.1) is 0 Å². The summed E-state index contributed by atoms with van der Waals surface area (Å²) in [5.74, 6) is 1.36. The van der Waals surface area contributed by atoms with Crippen molar-refractivity contribution in [2.75, 3.05) is 22.9 Å². The lowest BCUT2D eigenvalue weighted by molar-refractivity contribution is 0.537. The third kappa shape index (κ3) is 12.1. The van der Waals surface area contributed by atoms with Gasteiger partial charge < -0.3 is 16.4 Å². The minimum Gasteiger partial charge on any atom is -0.393 e. The number of nitrogens with two attached hydrogens (primary N) is 1. The van der Waals surface area contributed by atoms with E-state index in [1.807, 2.05) is 24.3 Å². The van der Waals surface area contributed by atoms with Gasteiger partial charge in [-0.05, 0) is 24.1 Å². The highest BCUT2D eigenvalue weighted by atomic mass is 35.5. The second-order valence-electron chi connectivity index (χ2n) is 8.99. The van der Waals surface area contributed by atoms with E-state index in [-0.39, 0.29) is 0 Å². The number of halogens is 1. The van der Waals surface area contributed by atoms with Crippen LogP contribution in [0.15, 0.2) is 30.6 Å². The molecule has 2 rings (SSSR count). The molecule has 0 bridgehead atoms. The highest BCUT2D eigenvalue weighted by molar-refractivity contribution is 6.30. The molecule has 5 nitrogen and oxygen atoms in total. The fourth-order valence-corrected chi connectivity index (χ4v) is 4.12. The van der Waals surface area contributed by atoms with Crippen molar-refractivity contribution in [3.8, 4) is 0 Å². The molecule has 0 atom stereocenters. The average molecular weight is 474 g/mol. The molecule has 0 fully saturated rings. The molecular weight excluding hydrogens is 430 g/mol. The minimum absolute atomic E-state index is 0.567. The second-order valence-corrected chi connectivity index (χ2v) is 9.42. The van der Waals surface area contributed by atoms with Gasteiger partial charge >= 0.3 is 0 Å². The smallest absolute Gasteiger partial charge is 0.155 e. The minimum atomic E-state index is 0.567. The summed E-state index contributed by atoms with van der Waals surface area (Å²) in [5, 5.41) is 7.38. The largest absolute Gasteiger partial charge is 0.393 e. The van der Waals surface area contributed by atoms with E-state index in [1.165, 1.54) is 83.5 Å². The number of nitrogen functional groups attached to an aromatic ring is 1. The maximum absolute atomic E-state index is 6.26. The predicted molar refractivity (Wildman–Crippen MR) is 144 cm³/mol. The lowest BCUT2D eigenvalue weighted by atomic mass is 10.0. The Labute approximate surface area is 206 Å². The van der Waals surface area contributed by atoms with Crippen molar-refractivity contribution in [2.45, 2.75) is 103 Å². The number of aromatic nitrogens is 2. The Balaban J connectivity index is 1.49. The van der Waals surface area contributed by atoms with Crippen molar-refractivity contribution < 1.29 is 0 Å². The maximum Gasteiger partial charge on any atom is 0.155 e. The molecule has 1 heterocycles. The Hall–Kier alpha value is -2.01. The van der Waals surface area contributed by atoms with Crippen LogP contribution in [0.25, 0.3) is 0 Å². The van der Waals surface area contributed by atoms with E-state index < -0.39 is 0 Å². The summed E-state index contributed by atoms with van der Waals surface area (Å²) in [6.45, 7) is 3.80. The first-order chi connectivity index (χ1) is 16.2. The van der Waals surface area contributed by atoms with Gasteiger partial charge in [0.1, 0.15) is 12.0 Å². The molecule has 4 N–H and O–H groups in total. The number of benzene rings is 1. The third-order valence-electron chi connectivity index (χ3n) is 6.08. The van der Waals surface area contributed by atoms with Gasteiger partial charge in [-0.3, -0.25) is 0 Å². The topological polar surface area (TPSA) is 75.9 Å². The predicted octanol–water partition coefficient (Wildman–Crippen LogP) is 8.22. The molecule has 1 aromatic heterocycles. The van der Waals surface area contributed by atoms with Crippen LogP contribution in [0.4, 0.5) is 17.3 Å². The van der Waals surface area contributed by atoms with Crippen molar-refractivity contribution in [2.24, 2.45) is 0 Å². The van der Waals surface area contributed by atoms with E-state index in [9.17, 15) is 0 Å². The van der Waals surface area contributed by atoms with Gasteiger partial charge in [0, 0.05) is 18.1 Å². The van der Waals surface area contributed by atoms with Crippen LogP contribution in [0.2, 0.25) is 5.02 Å². The normalized spacial score (nSPS) is 11.0. The molecule has 184 valence electrons. The highest BCUT2D eigenvalue weighted by Gasteiger charge is 2.07. The zero-order valence-electron chi connectivity index (χ0n) is 20.6. The number of nitrogens with zero attached hydrogens (tertiary/aromatic N) is 2. The number of hydrogen-bond donors (Lipinski definition) is 3. The number of anilines is 3. The molecule has 0 aliphatic rings. The first-order valence-corrected chi connectivity index (χ1v) is 13.4. The molecule has 2 aromatic rings. The molecule has 0 aliphatic carbocycles. The van der Waals surface area contributed by atoms with E-state index >= 15 is 0 Å². The summed E-state index contributed by atoms with van der Waals surface area (Å²) in [4.78, 5) is 8.58. The molecular formula is C27H44ClN5. The van der Waals surface area contributed by atoms with Crippen molar-refractivity contribution in [1.82, 2.24) is 9.97 Å². The van der Waals surface area contributed by atoms with Crippen LogP contribution in [0, 0.1) is 0 Å². The molecule has 0 spiro atoms. The molecule has 0 saturated carbocycles. The lowest BCUT2D eigenvalue weighted by Crippen LogP contribution is -2.10. The number of hydrogen-bond acceptors (Lipinski definition) is 5. The maximum atomic E-state index is 6.26. The van der Waals surface area contributed by atoms with Crippen LogP contribution >= 0.6 is 11.6 Å². The fraction of sp³-hybridized carbons (Fsp3) is 0.630. The average Bonchev–Trinajstić information content (AvgIpc) is 2.83. The molecule has 0 saturated heterocycles. The van der Waals surface area contributed by atoms with Gasteiger partial charge in [-0.15, -0.1) is 0 Å². The van der Waals surface area contributed by atoms with Crippen LogP contribution in [0.5, 0.6) is 0 Å². The van der Waals surface area contributed by atoms with E-state index in [0.29, 0.717) is 23.9 Å².